The lowest BCUT2D eigenvalue weighted by molar-refractivity contribution is 0.669. The van der Waals surface area contributed by atoms with Crippen LogP contribution in [0.25, 0.3) is 99.5 Å². The van der Waals surface area contributed by atoms with E-state index in [2.05, 4.69) is 89.9 Å². The van der Waals surface area contributed by atoms with Gasteiger partial charge in [0.1, 0.15) is 11.2 Å². The summed E-state index contributed by atoms with van der Waals surface area (Å²) in [6, 6.07) is 42.9. The molecule has 0 atom stereocenters. The number of aromatic nitrogens is 3. The molecule has 4 nitrogen and oxygen atoms in total. The van der Waals surface area contributed by atoms with Crippen molar-refractivity contribution in [2.75, 3.05) is 0 Å². The average Bonchev–Trinajstić information content (AvgIpc) is 3.61. The number of nitrogens with zero attached hydrogens (tertiary/aromatic N) is 3. The molecular formula is C45H27N3O. The Labute approximate surface area is 289 Å². The second-order valence-electron chi connectivity index (χ2n) is 12.0. The SMILES string of the molecule is [2H]c1c([2H])c([2H])c(-c2nc(-c3ccccc3)nc(-c3cccc4c3oc3cc(-c5ccc6c7ccccc7c7ccccc7c6c5)ccc34)n2)c([2H])c1[2H]. The van der Waals surface area contributed by atoms with Crippen LogP contribution in [0.1, 0.15) is 6.85 Å². The Hall–Kier alpha value is -6.65. The fourth-order valence-corrected chi connectivity index (χ4v) is 6.93. The first-order valence-electron chi connectivity index (χ1n) is 18.5. The molecule has 0 radical (unpaired) electrons. The van der Waals surface area contributed by atoms with Gasteiger partial charge < -0.3 is 4.42 Å². The van der Waals surface area contributed by atoms with E-state index >= 15 is 0 Å². The average molecular weight is 631 g/mol. The zero-order chi connectivity index (χ0) is 36.7. The summed E-state index contributed by atoms with van der Waals surface area (Å²) in [7, 11) is 0. The molecule has 0 saturated carbocycles. The topological polar surface area (TPSA) is 51.8 Å². The van der Waals surface area contributed by atoms with E-state index in [0.717, 1.165) is 21.9 Å². The predicted octanol–water partition coefficient (Wildman–Crippen LogP) is 11.9. The lowest BCUT2D eigenvalue weighted by Gasteiger charge is -2.12. The van der Waals surface area contributed by atoms with Crippen LogP contribution in [-0.4, -0.2) is 15.0 Å². The molecule has 2 heterocycles. The molecule has 4 heteroatoms. The third kappa shape index (κ3) is 4.49. The molecule has 0 aliphatic rings. The molecule has 0 bridgehead atoms. The molecule has 0 aliphatic heterocycles. The number of benzene rings is 8. The van der Waals surface area contributed by atoms with Gasteiger partial charge in [-0.2, -0.15) is 0 Å². The fraction of sp³-hybridized carbons (Fsp3) is 0. The van der Waals surface area contributed by atoms with Gasteiger partial charge in [0, 0.05) is 21.9 Å². The first-order valence-corrected chi connectivity index (χ1v) is 16.0. The van der Waals surface area contributed by atoms with Crippen molar-refractivity contribution in [2.24, 2.45) is 0 Å². The molecule has 0 N–H and O–H groups in total. The minimum atomic E-state index is -0.483. The van der Waals surface area contributed by atoms with Gasteiger partial charge in [-0.05, 0) is 67.7 Å². The van der Waals surface area contributed by atoms with Crippen LogP contribution in [0.15, 0.2) is 168 Å². The van der Waals surface area contributed by atoms with Gasteiger partial charge in [0.2, 0.25) is 0 Å². The molecule has 8 aromatic carbocycles. The van der Waals surface area contributed by atoms with Crippen molar-refractivity contribution >= 4 is 54.3 Å². The highest BCUT2D eigenvalue weighted by atomic mass is 16.3. The van der Waals surface area contributed by atoms with Crippen molar-refractivity contribution in [1.29, 1.82) is 0 Å². The monoisotopic (exact) mass is 630 g/mol. The Morgan fingerprint density at radius 1 is 0.388 bits per heavy atom. The highest BCUT2D eigenvalue weighted by molar-refractivity contribution is 6.25. The van der Waals surface area contributed by atoms with E-state index in [1.54, 1.807) is 0 Å². The first kappa shape index (κ1) is 22.8. The molecule has 0 fully saturated rings. The standard InChI is InChI=1S/C45H27N3O/c1-3-12-28(13-4-1)43-46-44(29-14-5-2-6-15-29)48-45(47-43)39-21-11-20-38-37-25-23-31(27-41(37)49-42(38)39)30-22-24-36-34-18-8-7-16-32(34)33-17-9-10-19-35(33)40(36)26-30/h1-27H/i1D,3D,4D,12D,13D. The van der Waals surface area contributed by atoms with E-state index in [9.17, 15) is 0 Å². The molecule has 0 unspecified atom stereocenters. The molecule has 2 aromatic heterocycles. The molecular weight excluding hydrogens is 599 g/mol. The van der Waals surface area contributed by atoms with E-state index in [-0.39, 0.29) is 29.3 Å². The lowest BCUT2D eigenvalue weighted by atomic mass is 9.92. The van der Waals surface area contributed by atoms with Gasteiger partial charge in [0.15, 0.2) is 17.5 Å². The maximum Gasteiger partial charge on any atom is 0.167 e. The van der Waals surface area contributed by atoms with Crippen molar-refractivity contribution in [3.05, 3.63) is 164 Å². The van der Waals surface area contributed by atoms with E-state index in [0.29, 0.717) is 28.1 Å². The zero-order valence-corrected chi connectivity index (χ0v) is 26.0. The van der Waals surface area contributed by atoms with Crippen LogP contribution >= 0.6 is 0 Å². The highest BCUT2D eigenvalue weighted by Crippen LogP contribution is 2.40. The number of furan rings is 1. The van der Waals surface area contributed by atoms with Crippen LogP contribution in [-0.2, 0) is 0 Å². The highest BCUT2D eigenvalue weighted by Gasteiger charge is 2.18. The van der Waals surface area contributed by atoms with E-state index < -0.39 is 18.1 Å². The summed E-state index contributed by atoms with van der Waals surface area (Å²) in [6.45, 7) is 0. The largest absolute Gasteiger partial charge is 0.455 e. The summed E-state index contributed by atoms with van der Waals surface area (Å²) < 4.78 is 48.6. The van der Waals surface area contributed by atoms with E-state index in [4.69, 9.17) is 21.2 Å². The fourth-order valence-electron chi connectivity index (χ4n) is 6.93. The minimum absolute atomic E-state index is 0.0251. The Balaban J connectivity index is 1.15. The Morgan fingerprint density at radius 3 is 1.65 bits per heavy atom. The number of hydrogen-bond acceptors (Lipinski definition) is 4. The van der Waals surface area contributed by atoms with Gasteiger partial charge in [-0.25, -0.2) is 15.0 Å². The van der Waals surface area contributed by atoms with Crippen LogP contribution in [0.4, 0.5) is 0 Å². The molecule has 0 spiro atoms. The maximum atomic E-state index is 8.65. The molecule has 10 aromatic rings. The van der Waals surface area contributed by atoms with Crippen molar-refractivity contribution in [1.82, 2.24) is 15.0 Å². The quantitative estimate of drug-likeness (QED) is 0.182. The molecule has 0 amide bonds. The van der Waals surface area contributed by atoms with Gasteiger partial charge in [0.25, 0.3) is 0 Å². The Kier molecular flexibility index (Phi) is 5.10. The zero-order valence-electron chi connectivity index (χ0n) is 31.0. The van der Waals surface area contributed by atoms with Gasteiger partial charge in [-0.3, -0.25) is 0 Å². The summed E-state index contributed by atoms with van der Waals surface area (Å²) in [5, 5.41) is 9.08. The first-order chi connectivity index (χ1) is 26.4. The molecule has 10 rings (SSSR count). The third-order valence-corrected chi connectivity index (χ3v) is 9.21. The second-order valence-corrected chi connectivity index (χ2v) is 12.0. The van der Waals surface area contributed by atoms with Crippen molar-refractivity contribution in [3.63, 3.8) is 0 Å². The van der Waals surface area contributed by atoms with Crippen molar-refractivity contribution in [3.8, 4) is 45.3 Å². The van der Waals surface area contributed by atoms with E-state index in [1.165, 1.54) is 32.3 Å². The summed E-state index contributed by atoms with van der Waals surface area (Å²) in [5.74, 6) is 0.529. The molecule has 0 saturated heterocycles. The summed E-state index contributed by atoms with van der Waals surface area (Å²) in [4.78, 5) is 14.2. The van der Waals surface area contributed by atoms with Crippen molar-refractivity contribution < 1.29 is 11.3 Å². The number of hydrogen-bond donors (Lipinski definition) is 0. The summed E-state index contributed by atoms with van der Waals surface area (Å²) in [5.41, 5.74) is 4.52. The van der Waals surface area contributed by atoms with Gasteiger partial charge in [-0.15, -0.1) is 0 Å². The normalized spacial score (nSPS) is 13.1. The maximum absolute atomic E-state index is 8.65. The van der Waals surface area contributed by atoms with Gasteiger partial charge >= 0.3 is 0 Å². The number of fused-ring (bicyclic) bond motifs is 9. The minimum Gasteiger partial charge on any atom is -0.455 e. The van der Waals surface area contributed by atoms with Gasteiger partial charge in [0.05, 0.1) is 12.4 Å². The number of rotatable bonds is 4. The molecule has 0 aliphatic carbocycles. The van der Waals surface area contributed by atoms with Crippen LogP contribution in [0.3, 0.4) is 0 Å². The van der Waals surface area contributed by atoms with Crippen LogP contribution < -0.4 is 0 Å². The Bertz CT molecular complexity index is 3120. The van der Waals surface area contributed by atoms with Crippen LogP contribution in [0.5, 0.6) is 0 Å². The summed E-state index contributed by atoms with van der Waals surface area (Å²) in [6.07, 6.45) is 0. The third-order valence-electron chi connectivity index (χ3n) is 9.21. The predicted molar refractivity (Wildman–Crippen MR) is 201 cm³/mol. The number of para-hydroxylation sites is 1. The van der Waals surface area contributed by atoms with Gasteiger partial charge in [-0.1, -0.05) is 139 Å². The smallest absolute Gasteiger partial charge is 0.167 e. The molecule has 228 valence electrons. The Morgan fingerprint density at radius 2 is 0.939 bits per heavy atom. The van der Waals surface area contributed by atoms with Crippen molar-refractivity contribution in [2.45, 2.75) is 0 Å². The lowest BCUT2D eigenvalue weighted by Crippen LogP contribution is -2.00. The van der Waals surface area contributed by atoms with Crippen LogP contribution in [0.2, 0.25) is 0 Å². The second kappa shape index (κ2) is 11.0. The van der Waals surface area contributed by atoms with Crippen LogP contribution in [0, 0.1) is 0 Å². The van der Waals surface area contributed by atoms with E-state index in [1.807, 2.05) is 48.5 Å². The molecule has 49 heavy (non-hydrogen) atoms. The summed E-state index contributed by atoms with van der Waals surface area (Å²) >= 11 is 0.